The molecule has 1 aliphatic heterocycles. The highest BCUT2D eigenvalue weighted by Crippen LogP contribution is 2.26. The second-order valence-electron chi connectivity index (χ2n) is 7.33. The lowest BCUT2D eigenvalue weighted by Crippen LogP contribution is -2.49. The van der Waals surface area contributed by atoms with Crippen molar-refractivity contribution in [2.45, 2.75) is 40.5 Å². The van der Waals surface area contributed by atoms with Gasteiger partial charge in [-0.3, -0.25) is 0 Å². The first-order valence-electron chi connectivity index (χ1n) is 9.98. The molecule has 0 unspecified atom stereocenters. The largest absolute Gasteiger partial charge is 0.354 e. The minimum Gasteiger partial charge on any atom is -0.354 e. The van der Waals surface area contributed by atoms with Crippen molar-refractivity contribution >= 4 is 15.8 Å². The lowest BCUT2D eigenvalue weighted by Gasteiger charge is -2.35. The Morgan fingerprint density at radius 3 is 2.36 bits per heavy atom. The van der Waals surface area contributed by atoms with Gasteiger partial charge in [-0.15, -0.1) is 0 Å². The Morgan fingerprint density at radius 2 is 1.75 bits per heavy atom. The first kappa shape index (κ1) is 20.7. The monoisotopic (exact) mass is 402 g/mol. The van der Waals surface area contributed by atoms with E-state index in [1.54, 1.807) is 11.2 Å². The summed E-state index contributed by atoms with van der Waals surface area (Å²) < 4.78 is 25.9. The predicted molar refractivity (Wildman–Crippen MR) is 113 cm³/mol. The van der Waals surface area contributed by atoms with Gasteiger partial charge in [-0.2, -0.15) is 4.31 Å². The van der Waals surface area contributed by atoms with Crippen molar-refractivity contribution in [2.24, 2.45) is 0 Å². The SMILES string of the molecule is CCc1nc(C)nc(N2CCN(S(=O)(=O)CC)CC2)c1Cc1cccc(C)c1. The highest BCUT2D eigenvalue weighted by atomic mass is 32.2. The lowest BCUT2D eigenvalue weighted by molar-refractivity contribution is 0.384. The summed E-state index contributed by atoms with van der Waals surface area (Å²) in [6, 6.07) is 8.53. The quantitative estimate of drug-likeness (QED) is 0.743. The summed E-state index contributed by atoms with van der Waals surface area (Å²) in [6.07, 6.45) is 1.63. The molecule has 0 saturated carbocycles. The number of sulfonamides is 1. The van der Waals surface area contributed by atoms with Gasteiger partial charge in [0, 0.05) is 43.9 Å². The van der Waals surface area contributed by atoms with E-state index in [-0.39, 0.29) is 5.75 Å². The highest BCUT2D eigenvalue weighted by molar-refractivity contribution is 7.89. The Hall–Kier alpha value is -1.99. The zero-order valence-corrected chi connectivity index (χ0v) is 18.1. The van der Waals surface area contributed by atoms with E-state index in [4.69, 9.17) is 4.98 Å². The Morgan fingerprint density at radius 1 is 1.04 bits per heavy atom. The molecule has 0 radical (unpaired) electrons. The first-order chi connectivity index (χ1) is 13.3. The second-order valence-corrected chi connectivity index (χ2v) is 9.58. The van der Waals surface area contributed by atoms with Crippen molar-refractivity contribution < 1.29 is 8.42 Å². The van der Waals surface area contributed by atoms with Gasteiger partial charge in [0.15, 0.2) is 0 Å². The summed E-state index contributed by atoms with van der Waals surface area (Å²) in [5, 5.41) is 0. The van der Waals surface area contributed by atoms with Crippen molar-refractivity contribution in [3.05, 3.63) is 52.5 Å². The van der Waals surface area contributed by atoms with Crippen LogP contribution in [0, 0.1) is 13.8 Å². The zero-order chi connectivity index (χ0) is 20.3. The molecule has 2 aromatic rings. The molecule has 7 heteroatoms. The number of rotatable bonds is 6. The van der Waals surface area contributed by atoms with Gasteiger partial charge < -0.3 is 4.90 Å². The Kier molecular flexibility index (Phi) is 6.35. The second kappa shape index (κ2) is 8.57. The summed E-state index contributed by atoms with van der Waals surface area (Å²) in [5.41, 5.74) is 4.72. The number of benzene rings is 1. The van der Waals surface area contributed by atoms with E-state index < -0.39 is 10.0 Å². The lowest BCUT2D eigenvalue weighted by atomic mass is 10.0. The molecule has 0 amide bonds. The van der Waals surface area contributed by atoms with Gasteiger partial charge in [0.25, 0.3) is 0 Å². The minimum atomic E-state index is -3.14. The molecule has 3 rings (SSSR count). The summed E-state index contributed by atoms with van der Waals surface area (Å²) >= 11 is 0. The average molecular weight is 403 g/mol. The third-order valence-corrected chi connectivity index (χ3v) is 7.16. The molecule has 0 bridgehead atoms. The van der Waals surface area contributed by atoms with Gasteiger partial charge in [0.1, 0.15) is 11.6 Å². The fourth-order valence-electron chi connectivity index (χ4n) is 3.76. The number of aromatic nitrogens is 2. The van der Waals surface area contributed by atoms with Crippen molar-refractivity contribution in [2.75, 3.05) is 36.8 Å². The van der Waals surface area contributed by atoms with Crippen molar-refractivity contribution in [1.29, 1.82) is 0 Å². The fraction of sp³-hybridized carbons (Fsp3) is 0.524. The number of hydrogen-bond acceptors (Lipinski definition) is 5. The minimum absolute atomic E-state index is 0.151. The van der Waals surface area contributed by atoms with Crippen LogP contribution in [0.4, 0.5) is 5.82 Å². The Labute approximate surface area is 168 Å². The molecule has 0 N–H and O–H groups in total. The molecule has 28 heavy (non-hydrogen) atoms. The molecular formula is C21H30N4O2S. The topological polar surface area (TPSA) is 66.4 Å². The maximum atomic E-state index is 12.2. The van der Waals surface area contributed by atoms with Gasteiger partial charge in [0.2, 0.25) is 10.0 Å². The molecule has 1 aromatic carbocycles. The van der Waals surface area contributed by atoms with Crippen molar-refractivity contribution in [3.63, 3.8) is 0 Å². The summed E-state index contributed by atoms with van der Waals surface area (Å²) in [5.74, 6) is 1.88. The van der Waals surface area contributed by atoms with Crippen LogP contribution >= 0.6 is 0 Å². The molecule has 0 spiro atoms. The molecule has 1 fully saturated rings. The maximum Gasteiger partial charge on any atom is 0.213 e. The third kappa shape index (κ3) is 4.52. The number of anilines is 1. The van der Waals surface area contributed by atoms with Crippen LogP contribution in [-0.2, 0) is 22.9 Å². The molecule has 0 aliphatic carbocycles. The van der Waals surface area contributed by atoms with Gasteiger partial charge in [0.05, 0.1) is 5.75 Å². The van der Waals surface area contributed by atoms with E-state index in [1.165, 1.54) is 11.1 Å². The molecule has 6 nitrogen and oxygen atoms in total. The third-order valence-electron chi connectivity index (χ3n) is 5.28. The van der Waals surface area contributed by atoms with E-state index in [2.05, 4.69) is 48.0 Å². The van der Waals surface area contributed by atoms with E-state index in [1.807, 2.05) is 6.92 Å². The van der Waals surface area contributed by atoms with Crippen LogP contribution < -0.4 is 4.90 Å². The molecule has 1 aromatic heterocycles. The number of piperazine rings is 1. The van der Waals surface area contributed by atoms with E-state index >= 15 is 0 Å². The normalized spacial score (nSPS) is 15.8. The number of nitrogens with zero attached hydrogens (tertiary/aromatic N) is 4. The van der Waals surface area contributed by atoms with Crippen LogP contribution in [0.3, 0.4) is 0 Å². The predicted octanol–water partition coefficient (Wildman–Crippen LogP) is 2.72. The number of hydrogen-bond donors (Lipinski definition) is 0. The van der Waals surface area contributed by atoms with Crippen LogP contribution in [0.15, 0.2) is 24.3 Å². The first-order valence-corrected chi connectivity index (χ1v) is 11.6. The Balaban J connectivity index is 1.91. The number of aryl methyl sites for hydroxylation is 3. The van der Waals surface area contributed by atoms with Crippen LogP contribution in [-0.4, -0.2) is 54.6 Å². The van der Waals surface area contributed by atoms with Gasteiger partial charge in [-0.1, -0.05) is 36.8 Å². The van der Waals surface area contributed by atoms with Gasteiger partial charge >= 0.3 is 0 Å². The van der Waals surface area contributed by atoms with Crippen LogP contribution in [0.25, 0.3) is 0 Å². The standard InChI is InChI=1S/C21H30N4O2S/c1-5-20-19(15-18-9-7-8-16(3)14-18)21(23-17(4)22-20)24-10-12-25(13-11-24)28(26,27)6-2/h7-9,14H,5-6,10-13,15H2,1-4H3. The molecule has 1 aliphatic rings. The van der Waals surface area contributed by atoms with E-state index in [9.17, 15) is 8.42 Å². The molecule has 2 heterocycles. The maximum absolute atomic E-state index is 12.2. The summed E-state index contributed by atoms with van der Waals surface area (Å²) in [4.78, 5) is 11.7. The summed E-state index contributed by atoms with van der Waals surface area (Å²) in [7, 11) is -3.14. The molecular weight excluding hydrogens is 372 g/mol. The van der Waals surface area contributed by atoms with Gasteiger partial charge in [-0.05, 0) is 32.8 Å². The zero-order valence-electron chi connectivity index (χ0n) is 17.3. The van der Waals surface area contributed by atoms with Crippen molar-refractivity contribution in [1.82, 2.24) is 14.3 Å². The van der Waals surface area contributed by atoms with Crippen LogP contribution in [0.1, 0.15) is 42.1 Å². The summed E-state index contributed by atoms with van der Waals surface area (Å²) in [6.45, 7) is 10.2. The molecule has 0 atom stereocenters. The van der Waals surface area contributed by atoms with Crippen LogP contribution in [0.2, 0.25) is 0 Å². The Bertz CT molecular complexity index is 935. The fourth-order valence-corrected chi connectivity index (χ4v) is 4.84. The van der Waals surface area contributed by atoms with Crippen LogP contribution in [0.5, 0.6) is 0 Å². The van der Waals surface area contributed by atoms with Gasteiger partial charge in [-0.25, -0.2) is 18.4 Å². The smallest absolute Gasteiger partial charge is 0.213 e. The molecule has 152 valence electrons. The molecule has 1 saturated heterocycles. The van der Waals surface area contributed by atoms with E-state index in [0.29, 0.717) is 26.2 Å². The van der Waals surface area contributed by atoms with E-state index in [0.717, 1.165) is 35.7 Å². The van der Waals surface area contributed by atoms with Crippen molar-refractivity contribution in [3.8, 4) is 0 Å². The average Bonchev–Trinajstić information content (AvgIpc) is 2.69. The highest BCUT2D eigenvalue weighted by Gasteiger charge is 2.28.